The molecular weight excluding hydrogens is 765 g/mol. The number of halogens is 4. The third-order valence-electron chi connectivity index (χ3n) is 17.1. The fourth-order valence-electron chi connectivity index (χ4n) is 13.9. The summed E-state index contributed by atoms with van der Waals surface area (Å²) in [4.78, 5) is 75.7. The SMILES string of the molecule is CC1C[C@H]2[C@@H]3CCC4=CC(=O)C=C[C@]4(C)[C@@]3(F)C(=O)C[C@]2(C)[C@@]1(O)C(=O)CCl.C[C@H]1C[C@H]2[C@@H]3CCC4=CC(=O)C=C[C@]4(C)[C@@]3(F)C(=O)C[C@]2(C)[C@@]1(O)C(=O)CCl. The van der Waals surface area contributed by atoms with Gasteiger partial charge in [-0.05, 0) is 100 Å². The summed E-state index contributed by atoms with van der Waals surface area (Å²) >= 11 is 11.6. The van der Waals surface area contributed by atoms with Crippen molar-refractivity contribution in [3.63, 3.8) is 0 Å². The highest BCUT2D eigenvalue weighted by molar-refractivity contribution is 6.29. The standard InChI is InChI=1S/2C22H26ClFO4/c2*1-12-8-16-15-5-4-13-9-14(25)6-7-19(13,2)21(15,24)17(26)10-20(16,3)22(12,28)18(27)11-23/h2*6-7,9,12,15-16,28H,4-5,8,10-11H2,1-3H3/t12?,15-,16-,19-,20-,21-,22-;12-,15-,16-,19-,20-,21-,22-/m00/s1. The molecule has 2 N–H and O–H groups in total. The lowest BCUT2D eigenvalue weighted by molar-refractivity contribution is -0.185. The van der Waals surface area contributed by atoms with Gasteiger partial charge in [0.1, 0.15) is 11.2 Å². The number of hydrogen-bond acceptors (Lipinski definition) is 8. The molecule has 1 unspecified atom stereocenters. The van der Waals surface area contributed by atoms with Gasteiger partial charge in [0.15, 0.2) is 46.0 Å². The number of Topliss-reactive ketones (excluding diaryl/α,β-unsaturated/α-hetero) is 4. The summed E-state index contributed by atoms with van der Waals surface area (Å²) in [5.74, 6) is -5.84. The molecule has 0 aliphatic heterocycles. The predicted octanol–water partition coefficient (Wildman–Crippen LogP) is 6.70. The van der Waals surface area contributed by atoms with Crippen LogP contribution in [0.2, 0.25) is 0 Å². The molecular formula is C44H52Cl2F2O8. The van der Waals surface area contributed by atoms with Gasteiger partial charge < -0.3 is 10.2 Å². The molecule has 6 fully saturated rings. The first-order valence-electron chi connectivity index (χ1n) is 19.9. The summed E-state index contributed by atoms with van der Waals surface area (Å²) in [6.07, 6.45) is 11.1. The maximum absolute atomic E-state index is 16.8. The fraction of sp³-hybridized carbons (Fsp3) is 0.682. The zero-order chi connectivity index (χ0) is 41.4. The summed E-state index contributed by atoms with van der Waals surface area (Å²) in [5.41, 5.74) is -10.8. The van der Waals surface area contributed by atoms with Crippen LogP contribution in [0, 0.1) is 57.2 Å². The Hall–Kier alpha value is -2.66. The third kappa shape index (κ3) is 4.76. The Kier molecular flexibility index (Phi) is 9.57. The van der Waals surface area contributed by atoms with Crippen molar-refractivity contribution in [2.75, 3.05) is 11.8 Å². The van der Waals surface area contributed by atoms with Crippen molar-refractivity contribution in [2.24, 2.45) is 57.2 Å². The molecule has 0 amide bonds. The molecule has 8 nitrogen and oxygen atoms in total. The van der Waals surface area contributed by atoms with Gasteiger partial charge in [-0.3, -0.25) is 28.8 Å². The second kappa shape index (κ2) is 12.9. The van der Waals surface area contributed by atoms with Crippen molar-refractivity contribution >= 4 is 57.9 Å². The van der Waals surface area contributed by atoms with Crippen molar-refractivity contribution in [3.8, 4) is 0 Å². The van der Waals surface area contributed by atoms with Gasteiger partial charge in [0.25, 0.3) is 0 Å². The van der Waals surface area contributed by atoms with Crippen LogP contribution in [0.5, 0.6) is 0 Å². The zero-order valence-electron chi connectivity index (χ0n) is 32.9. The van der Waals surface area contributed by atoms with Gasteiger partial charge in [-0.25, -0.2) is 8.78 Å². The Balaban J connectivity index is 0.000000172. The van der Waals surface area contributed by atoms with Gasteiger partial charge in [-0.15, -0.1) is 23.2 Å². The van der Waals surface area contributed by atoms with Crippen LogP contribution >= 0.6 is 23.2 Å². The maximum Gasteiger partial charge on any atom is 0.184 e. The van der Waals surface area contributed by atoms with Gasteiger partial charge in [0, 0.05) is 46.3 Å². The molecule has 304 valence electrons. The average Bonchev–Trinajstić information content (AvgIpc) is 3.48. The van der Waals surface area contributed by atoms with Gasteiger partial charge in [-0.1, -0.05) is 51.0 Å². The van der Waals surface area contributed by atoms with E-state index in [4.69, 9.17) is 23.2 Å². The Morgan fingerprint density at radius 1 is 0.661 bits per heavy atom. The Bertz CT molecular complexity index is 1840. The minimum absolute atomic E-state index is 0.181. The predicted molar refractivity (Wildman–Crippen MR) is 205 cm³/mol. The van der Waals surface area contributed by atoms with Crippen LogP contribution in [0.25, 0.3) is 0 Å². The molecule has 0 aromatic heterocycles. The van der Waals surface area contributed by atoms with Crippen LogP contribution < -0.4 is 0 Å². The number of hydrogen-bond donors (Lipinski definition) is 2. The smallest absolute Gasteiger partial charge is 0.184 e. The first-order valence-corrected chi connectivity index (χ1v) is 21.0. The van der Waals surface area contributed by atoms with Crippen molar-refractivity contribution in [3.05, 3.63) is 47.6 Å². The molecule has 0 saturated heterocycles. The molecule has 0 spiro atoms. The van der Waals surface area contributed by atoms with E-state index in [0.29, 0.717) is 49.7 Å². The second-order valence-electron chi connectivity index (χ2n) is 19.1. The quantitative estimate of drug-likeness (QED) is 0.299. The van der Waals surface area contributed by atoms with E-state index in [1.165, 1.54) is 24.3 Å². The summed E-state index contributed by atoms with van der Waals surface area (Å²) in [6, 6.07) is 0. The Morgan fingerprint density at radius 2 is 1.00 bits per heavy atom. The van der Waals surface area contributed by atoms with Crippen molar-refractivity contribution < 1.29 is 47.8 Å². The number of carbonyl (C=O) groups excluding carboxylic acids is 6. The van der Waals surface area contributed by atoms with E-state index in [1.807, 2.05) is 0 Å². The van der Waals surface area contributed by atoms with Gasteiger partial charge in [0.2, 0.25) is 0 Å². The molecule has 8 rings (SSSR count). The van der Waals surface area contributed by atoms with E-state index in [-0.39, 0.29) is 48.0 Å². The van der Waals surface area contributed by atoms with Gasteiger partial charge in [-0.2, -0.15) is 0 Å². The van der Waals surface area contributed by atoms with Crippen LogP contribution in [0.1, 0.15) is 92.9 Å². The molecule has 8 aliphatic carbocycles. The van der Waals surface area contributed by atoms with Crippen LogP contribution in [-0.4, -0.2) is 79.2 Å². The second-order valence-corrected chi connectivity index (χ2v) is 19.6. The molecule has 8 aliphatic rings. The van der Waals surface area contributed by atoms with Gasteiger partial charge in [0.05, 0.1) is 11.8 Å². The highest BCUT2D eigenvalue weighted by Crippen LogP contribution is 2.71. The van der Waals surface area contributed by atoms with Crippen molar-refractivity contribution in [1.82, 2.24) is 0 Å². The Labute approximate surface area is 336 Å². The van der Waals surface area contributed by atoms with Crippen LogP contribution in [-0.2, 0) is 28.8 Å². The van der Waals surface area contributed by atoms with Crippen LogP contribution in [0.3, 0.4) is 0 Å². The first kappa shape index (κ1) is 41.5. The highest BCUT2D eigenvalue weighted by Gasteiger charge is 2.77. The number of ketones is 6. The van der Waals surface area contributed by atoms with Crippen molar-refractivity contribution in [1.29, 1.82) is 0 Å². The molecule has 0 bridgehead atoms. The molecule has 14 atom stereocenters. The Morgan fingerprint density at radius 3 is 1.32 bits per heavy atom. The molecule has 56 heavy (non-hydrogen) atoms. The monoisotopic (exact) mass is 816 g/mol. The number of aliphatic hydroxyl groups is 2. The normalized spacial score (nSPS) is 49.9. The van der Waals surface area contributed by atoms with Crippen LogP contribution in [0.4, 0.5) is 8.78 Å². The zero-order valence-corrected chi connectivity index (χ0v) is 34.4. The van der Waals surface area contributed by atoms with E-state index < -0.39 is 91.0 Å². The lowest BCUT2D eigenvalue weighted by atomic mass is 9.45. The molecule has 0 heterocycles. The number of allylic oxidation sites excluding steroid dienone is 8. The maximum atomic E-state index is 16.8. The molecule has 0 radical (unpaired) electrons. The van der Waals surface area contributed by atoms with E-state index in [0.717, 1.165) is 0 Å². The van der Waals surface area contributed by atoms with E-state index in [2.05, 4.69) is 0 Å². The third-order valence-corrected chi connectivity index (χ3v) is 17.5. The van der Waals surface area contributed by atoms with E-state index >= 15 is 8.78 Å². The molecule has 6 saturated carbocycles. The van der Waals surface area contributed by atoms with Gasteiger partial charge >= 0.3 is 0 Å². The minimum Gasteiger partial charge on any atom is -0.381 e. The lowest BCUT2D eigenvalue weighted by Crippen LogP contribution is -2.68. The molecule has 12 heteroatoms. The van der Waals surface area contributed by atoms with Crippen molar-refractivity contribution in [2.45, 2.75) is 115 Å². The van der Waals surface area contributed by atoms with E-state index in [9.17, 15) is 39.0 Å². The summed E-state index contributed by atoms with van der Waals surface area (Å²) < 4.78 is 33.6. The average molecular weight is 818 g/mol. The van der Waals surface area contributed by atoms with Crippen LogP contribution in [0.15, 0.2) is 47.6 Å². The number of rotatable bonds is 4. The summed E-state index contributed by atoms with van der Waals surface area (Å²) in [6.45, 7) is 10.5. The number of carbonyl (C=O) groups is 6. The fourth-order valence-corrected chi connectivity index (χ4v) is 14.3. The highest BCUT2D eigenvalue weighted by atomic mass is 35.5. The molecule has 0 aromatic rings. The first-order chi connectivity index (χ1) is 25.9. The topological polar surface area (TPSA) is 143 Å². The molecule has 0 aromatic carbocycles. The number of fused-ring (bicyclic) bond motifs is 10. The summed E-state index contributed by atoms with van der Waals surface area (Å²) in [5, 5.41) is 22.9. The largest absolute Gasteiger partial charge is 0.381 e. The minimum atomic E-state index is -2.15. The van der Waals surface area contributed by atoms with E-state index in [1.54, 1.807) is 53.7 Å². The lowest BCUT2D eigenvalue weighted by Gasteiger charge is -2.59. The summed E-state index contributed by atoms with van der Waals surface area (Å²) in [7, 11) is 0. The number of alkyl halides is 4.